The Bertz CT molecular complexity index is 235. The third-order valence-electron chi connectivity index (χ3n) is 4.10. The van der Waals surface area contributed by atoms with Crippen LogP contribution in [0.4, 0.5) is 0 Å². The van der Waals surface area contributed by atoms with E-state index in [0.29, 0.717) is 6.10 Å². The Morgan fingerprint density at radius 2 is 2.06 bits per heavy atom. The van der Waals surface area contributed by atoms with Crippen molar-refractivity contribution in [1.29, 1.82) is 0 Å². The Hall–Kier alpha value is -0.160. The molecule has 0 aromatic heterocycles. The van der Waals surface area contributed by atoms with Gasteiger partial charge in [-0.15, -0.1) is 0 Å². The number of nitrogens with zero attached hydrogens (tertiary/aromatic N) is 2. The van der Waals surface area contributed by atoms with Crippen LogP contribution in [0.15, 0.2) is 0 Å². The molecule has 4 nitrogen and oxygen atoms in total. The molecular formula is C14H31N3O. The molecule has 0 bridgehead atoms. The van der Waals surface area contributed by atoms with Crippen molar-refractivity contribution in [2.45, 2.75) is 44.8 Å². The highest BCUT2D eigenvalue weighted by atomic mass is 16.5. The van der Waals surface area contributed by atoms with Crippen LogP contribution in [0.2, 0.25) is 0 Å². The molecule has 1 aliphatic rings. The molecule has 0 aromatic rings. The summed E-state index contributed by atoms with van der Waals surface area (Å²) < 4.78 is 5.68. The van der Waals surface area contributed by atoms with E-state index in [4.69, 9.17) is 10.5 Å². The van der Waals surface area contributed by atoms with Crippen LogP contribution in [0.25, 0.3) is 0 Å². The lowest BCUT2D eigenvalue weighted by Crippen LogP contribution is -2.58. The van der Waals surface area contributed by atoms with E-state index in [2.05, 4.69) is 37.7 Å². The van der Waals surface area contributed by atoms with Gasteiger partial charge in [-0.2, -0.15) is 0 Å². The molecule has 108 valence electrons. The second kappa shape index (κ2) is 7.43. The van der Waals surface area contributed by atoms with Gasteiger partial charge in [0.25, 0.3) is 0 Å². The van der Waals surface area contributed by atoms with Crippen molar-refractivity contribution < 1.29 is 4.74 Å². The van der Waals surface area contributed by atoms with Gasteiger partial charge in [0, 0.05) is 18.7 Å². The van der Waals surface area contributed by atoms with Gasteiger partial charge in [-0.1, -0.05) is 6.92 Å². The van der Waals surface area contributed by atoms with E-state index in [1.807, 2.05) is 0 Å². The van der Waals surface area contributed by atoms with Crippen molar-refractivity contribution in [1.82, 2.24) is 9.80 Å². The van der Waals surface area contributed by atoms with E-state index < -0.39 is 0 Å². The molecule has 1 saturated heterocycles. The van der Waals surface area contributed by atoms with E-state index >= 15 is 0 Å². The average Bonchev–Trinajstić information content (AvgIpc) is 2.34. The minimum atomic E-state index is 0.165. The Balaban J connectivity index is 2.58. The first-order valence-corrected chi connectivity index (χ1v) is 7.25. The van der Waals surface area contributed by atoms with Crippen molar-refractivity contribution in [2.24, 2.45) is 5.73 Å². The first-order chi connectivity index (χ1) is 8.54. The Kier molecular flexibility index (Phi) is 6.57. The quantitative estimate of drug-likeness (QED) is 0.743. The van der Waals surface area contributed by atoms with Gasteiger partial charge in [0.1, 0.15) is 0 Å². The zero-order valence-electron chi connectivity index (χ0n) is 12.6. The zero-order chi connectivity index (χ0) is 13.6. The number of nitrogens with two attached hydrogens (primary N) is 1. The van der Waals surface area contributed by atoms with Crippen LogP contribution in [0.5, 0.6) is 0 Å². The summed E-state index contributed by atoms with van der Waals surface area (Å²) in [5.41, 5.74) is 6.27. The molecule has 0 spiro atoms. The molecule has 0 amide bonds. The predicted molar refractivity (Wildman–Crippen MR) is 76.9 cm³/mol. The lowest BCUT2D eigenvalue weighted by molar-refractivity contribution is -0.0628. The van der Waals surface area contributed by atoms with Crippen molar-refractivity contribution >= 4 is 0 Å². The lowest BCUT2D eigenvalue weighted by atomic mass is 9.85. The summed E-state index contributed by atoms with van der Waals surface area (Å²) in [6.45, 7) is 9.36. The normalized spacial score (nSPS) is 29.2. The highest BCUT2D eigenvalue weighted by Crippen LogP contribution is 2.30. The molecule has 1 fully saturated rings. The third-order valence-corrected chi connectivity index (χ3v) is 4.10. The minimum Gasteiger partial charge on any atom is -0.378 e. The van der Waals surface area contributed by atoms with E-state index in [1.54, 1.807) is 0 Å². The summed E-state index contributed by atoms with van der Waals surface area (Å²) in [7, 11) is 4.26. The molecular weight excluding hydrogens is 226 g/mol. The Morgan fingerprint density at radius 1 is 1.33 bits per heavy atom. The molecule has 18 heavy (non-hydrogen) atoms. The van der Waals surface area contributed by atoms with E-state index in [1.165, 1.54) is 6.42 Å². The molecule has 0 aliphatic carbocycles. The summed E-state index contributed by atoms with van der Waals surface area (Å²) in [4.78, 5) is 4.82. The molecule has 0 aromatic carbocycles. The largest absolute Gasteiger partial charge is 0.378 e. The standard InChI is InChI=1S/C14H31N3O/c1-5-17(9-6-8-16(3)4)14(12-15)7-10-18-13(2)11-14/h13H,5-12,15H2,1-4H3. The van der Waals surface area contributed by atoms with Gasteiger partial charge >= 0.3 is 0 Å². The molecule has 1 rings (SSSR count). The van der Waals surface area contributed by atoms with E-state index in [-0.39, 0.29) is 5.54 Å². The van der Waals surface area contributed by atoms with Crippen molar-refractivity contribution in [2.75, 3.05) is 46.9 Å². The molecule has 2 atom stereocenters. The fraction of sp³-hybridized carbons (Fsp3) is 1.00. The van der Waals surface area contributed by atoms with Gasteiger partial charge in [-0.3, -0.25) is 4.90 Å². The van der Waals surface area contributed by atoms with Crippen LogP contribution in [0.3, 0.4) is 0 Å². The van der Waals surface area contributed by atoms with Gasteiger partial charge in [0.15, 0.2) is 0 Å². The monoisotopic (exact) mass is 257 g/mol. The molecule has 1 aliphatic heterocycles. The van der Waals surface area contributed by atoms with Gasteiger partial charge < -0.3 is 15.4 Å². The first kappa shape index (κ1) is 15.9. The van der Waals surface area contributed by atoms with Crippen LogP contribution >= 0.6 is 0 Å². The van der Waals surface area contributed by atoms with Crippen LogP contribution in [-0.4, -0.2) is 68.3 Å². The fourth-order valence-electron chi connectivity index (χ4n) is 3.06. The molecule has 2 unspecified atom stereocenters. The van der Waals surface area contributed by atoms with Gasteiger partial charge in [-0.05, 0) is 59.9 Å². The number of ether oxygens (including phenoxy) is 1. The predicted octanol–water partition coefficient (Wildman–Crippen LogP) is 1.16. The molecule has 4 heteroatoms. The lowest BCUT2D eigenvalue weighted by Gasteiger charge is -2.47. The molecule has 1 heterocycles. The molecule has 0 saturated carbocycles. The van der Waals surface area contributed by atoms with Crippen LogP contribution in [0.1, 0.15) is 33.1 Å². The SMILES string of the molecule is CCN(CCCN(C)C)C1(CN)CCOC(C)C1. The number of hydrogen-bond donors (Lipinski definition) is 1. The van der Waals surface area contributed by atoms with Crippen LogP contribution in [0, 0.1) is 0 Å². The van der Waals surface area contributed by atoms with Crippen LogP contribution < -0.4 is 5.73 Å². The van der Waals surface area contributed by atoms with Crippen molar-refractivity contribution in [3.63, 3.8) is 0 Å². The fourth-order valence-corrected chi connectivity index (χ4v) is 3.06. The van der Waals surface area contributed by atoms with Gasteiger partial charge in [0.05, 0.1) is 6.10 Å². The van der Waals surface area contributed by atoms with Gasteiger partial charge in [0.2, 0.25) is 0 Å². The second-order valence-electron chi connectivity index (χ2n) is 5.80. The van der Waals surface area contributed by atoms with E-state index in [0.717, 1.165) is 45.6 Å². The van der Waals surface area contributed by atoms with Crippen molar-refractivity contribution in [3.05, 3.63) is 0 Å². The van der Waals surface area contributed by atoms with Crippen molar-refractivity contribution in [3.8, 4) is 0 Å². The van der Waals surface area contributed by atoms with E-state index in [9.17, 15) is 0 Å². The third kappa shape index (κ3) is 4.19. The average molecular weight is 257 g/mol. The van der Waals surface area contributed by atoms with Crippen LogP contribution in [-0.2, 0) is 4.74 Å². The number of likely N-dealkylation sites (N-methyl/N-ethyl adjacent to an activating group) is 1. The summed E-state index contributed by atoms with van der Waals surface area (Å²) >= 11 is 0. The summed E-state index contributed by atoms with van der Waals surface area (Å²) in [6, 6.07) is 0. The highest BCUT2D eigenvalue weighted by Gasteiger charge is 2.38. The zero-order valence-corrected chi connectivity index (χ0v) is 12.6. The maximum Gasteiger partial charge on any atom is 0.0565 e. The smallest absolute Gasteiger partial charge is 0.0565 e. The number of rotatable bonds is 7. The maximum absolute atomic E-state index is 6.10. The summed E-state index contributed by atoms with van der Waals surface area (Å²) in [5.74, 6) is 0. The maximum atomic E-state index is 6.10. The second-order valence-corrected chi connectivity index (χ2v) is 5.80. The topological polar surface area (TPSA) is 41.7 Å². The Morgan fingerprint density at radius 3 is 2.56 bits per heavy atom. The minimum absolute atomic E-state index is 0.165. The highest BCUT2D eigenvalue weighted by molar-refractivity contribution is 4.95. The number of hydrogen-bond acceptors (Lipinski definition) is 4. The van der Waals surface area contributed by atoms with Gasteiger partial charge in [-0.25, -0.2) is 0 Å². The summed E-state index contributed by atoms with van der Waals surface area (Å²) in [5, 5.41) is 0. The summed E-state index contributed by atoms with van der Waals surface area (Å²) in [6.07, 6.45) is 3.69. The Labute approximate surface area is 112 Å². The molecule has 0 radical (unpaired) electrons. The molecule has 2 N–H and O–H groups in total. The first-order valence-electron chi connectivity index (χ1n) is 7.25.